The molecule has 0 aromatic rings. The molecule has 0 aromatic carbocycles. The Labute approximate surface area is 497 Å². The summed E-state index contributed by atoms with van der Waals surface area (Å²) in [7, 11) is 1.55. The highest BCUT2D eigenvalue weighted by molar-refractivity contribution is 7.47. The summed E-state index contributed by atoms with van der Waals surface area (Å²) in [5, 5.41) is 14.0. The molecule has 3 N–H and O–H groups in total. The van der Waals surface area contributed by atoms with Gasteiger partial charge in [-0.05, 0) is 83.5 Å². The predicted octanol–water partition coefficient (Wildman–Crippen LogP) is 21.8. The lowest BCUT2D eigenvalue weighted by Gasteiger charge is -2.25. The maximum atomic E-state index is 13.0. The third kappa shape index (κ3) is 63.5. The van der Waals surface area contributed by atoms with Crippen molar-refractivity contribution >= 4 is 13.7 Å². The number of allylic oxidation sites excluding steroid dienone is 11. The van der Waals surface area contributed by atoms with Crippen molar-refractivity contribution in [1.82, 2.24) is 5.32 Å². The zero-order valence-corrected chi connectivity index (χ0v) is 54.5. The molecule has 0 aliphatic carbocycles. The molecule has 0 rings (SSSR count). The van der Waals surface area contributed by atoms with E-state index in [9.17, 15) is 19.4 Å². The molecular weight excluding hydrogens is 1010 g/mol. The van der Waals surface area contributed by atoms with E-state index in [-0.39, 0.29) is 19.1 Å². The summed E-state index contributed by atoms with van der Waals surface area (Å²) in [6, 6.07) is -0.874. The van der Waals surface area contributed by atoms with E-state index in [1.807, 2.05) is 27.2 Å². The number of carbonyl (C=O) groups is 1. The predicted molar refractivity (Wildman–Crippen MR) is 350 cm³/mol. The summed E-state index contributed by atoms with van der Waals surface area (Å²) in [6.45, 7) is 4.81. The topological polar surface area (TPSA) is 105 Å². The Morgan fingerprint density at radius 1 is 0.425 bits per heavy atom. The molecule has 9 heteroatoms. The van der Waals surface area contributed by atoms with Crippen molar-refractivity contribution in [2.75, 3.05) is 40.9 Å². The van der Waals surface area contributed by atoms with E-state index in [0.717, 1.165) is 57.8 Å². The van der Waals surface area contributed by atoms with Crippen LogP contribution in [0.5, 0.6) is 0 Å². The number of likely N-dealkylation sites (N-methyl/N-ethyl adjacent to an activating group) is 1. The fourth-order valence-electron chi connectivity index (χ4n) is 10.0. The van der Waals surface area contributed by atoms with E-state index in [2.05, 4.69) is 79.9 Å². The van der Waals surface area contributed by atoms with E-state index in [1.165, 1.54) is 244 Å². The molecule has 8 nitrogen and oxygen atoms in total. The van der Waals surface area contributed by atoms with Crippen LogP contribution in [0.4, 0.5) is 0 Å². The zero-order valence-electron chi connectivity index (χ0n) is 53.6. The molecule has 80 heavy (non-hydrogen) atoms. The number of nitrogens with zero attached hydrogens (tertiary/aromatic N) is 1. The first-order valence-electron chi connectivity index (χ1n) is 34.3. The highest BCUT2D eigenvalue weighted by Gasteiger charge is 2.28. The van der Waals surface area contributed by atoms with Crippen molar-refractivity contribution in [2.45, 2.75) is 334 Å². The number of rotatable bonds is 63. The first kappa shape index (κ1) is 77.9. The van der Waals surface area contributed by atoms with E-state index in [0.29, 0.717) is 17.4 Å². The number of phosphoric ester groups is 1. The molecule has 3 unspecified atom stereocenters. The Morgan fingerprint density at radius 3 is 1.09 bits per heavy atom. The number of hydrogen-bond acceptors (Lipinski definition) is 5. The molecule has 0 radical (unpaired) electrons. The van der Waals surface area contributed by atoms with Crippen LogP contribution in [0.15, 0.2) is 72.9 Å². The number of nitrogens with one attached hydrogen (secondary N) is 1. The maximum absolute atomic E-state index is 13.0. The van der Waals surface area contributed by atoms with Crippen molar-refractivity contribution in [3.05, 3.63) is 72.9 Å². The van der Waals surface area contributed by atoms with Crippen LogP contribution in [-0.2, 0) is 18.4 Å². The van der Waals surface area contributed by atoms with Crippen LogP contribution in [0.3, 0.4) is 0 Å². The summed E-state index contributed by atoms with van der Waals surface area (Å²) in [4.78, 5) is 23.4. The van der Waals surface area contributed by atoms with Gasteiger partial charge in [-0.25, -0.2) is 4.57 Å². The van der Waals surface area contributed by atoms with Gasteiger partial charge in [0.25, 0.3) is 0 Å². The van der Waals surface area contributed by atoms with Gasteiger partial charge in [0.15, 0.2) is 0 Å². The first-order chi connectivity index (χ1) is 39.0. The van der Waals surface area contributed by atoms with Crippen LogP contribution in [0, 0.1) is 0 Å². The van der Waals surface area contributed by atoms with Gasteiger partial charge in [-0.2, -0.15) is 0 Å². The Balaban J connectivity index is 4.15. The Morgan fingerprint density at radius 2 is 0.725 bits per heavy atom. The average Bonchev–Trinajstić information content (AvgIpc) is 3.42. The van der Waals surface area contributed by atoms with Gasteiger partial charge >= 0.3 is 7.82 Å². The number of unbranched alkanes of at least 4 members (excludes halogenated alkanes) is 40. The zero-order chi connectivity index (χ0) is 58.4. The van der Waals surface area contributed by atoms with Gasteiger partial charge in [0, 0.05) is 6.42 Å². The summed E-state index contributed by atoms with van der Waals surface area (Å²) in [5.74, 6) is -0.189. The van der Waals surface area contributed by atoms with E-state index in [1.54, 1.807) is 6.08 Å². The number of aliphatic hydroxyl groups is 1. The molecule has 0 heterocycles. The summed E-state index contributed by atoms with van der Waals surface area (Å²) < 4.78 is 23.8. The number of aliphatic hydroxyl groups excluding tert-OH is 1. The molecule has 0 bridgehead atoms. The van der Waals surface area contributed by atoms with E-state index < -0.39 is 20.0 Å². The second-order valence-electron chi connectivity index (χ2n) is 24.5. The van der Waals surface area contributed by atoms with Crippen LogP contribution in [0.2, 0.25) is 0 Å². The second-order valence-corrected chi connectivity index (χ2v) is 26.0. The minimum absolute atomic E-state index is 0.0521. The second kappa shape index (κ2) is 61.5. The van der Waals surface area contributed by atoms with Gasteiger partial charge in [-0.1, -0.05) is 305 Å². The van der Waals surface area contributed by atoms with Crippen molar-refractivity contribution in [3.8, 4) is 0 Å². The molecule has 3 atom stereocenters. The number of phosphoric acid groups is 1. The fourth-order valence-corrected chi connectivity index (χ4v) is 10.8. The van der Waals surface area contributed by atoms with Gasteiger partial charge < -0.3 is 19.8 Å². The van der Waals surface area contributed by atoms with Crippen LogP contribution in [-0.4, -0.2) is 73.4 Å². The average molecular weight is 1140 g/mol. The van der Waals surface area contributed by atoms with Gasteiger partial charge in [0.2, 0.25) is 5.91 Å². The van der Waals surface area contributed by atoms with Crippen LogP contribution < -0.4 is 5.32 Å². The van der Waals surface area contributed by atoms with Crippen molar-refractivity contribution in [1.29, 1.82) is 0 Å². The monoisotopic (exact) mass is 1140 g/mol. The normalized spacial score (nSPS) is 14.1. The molecule has 0 fully saturated rings. The Kier molecular flexibility index (Phi) is 59.9. The number of amides is 1. The molecule has 0 spiro atoms. The lowest BCUT2D eigenvalue weighted by molar-refractivity contribution is -0.870. The van der Waals surface area contributed by atoms with Gasteiger partial charge in [0.1, 0.15) is 13.2 Å². The Hall–Kier alpha value is -2.06. The van der Waals surface area contributed by atoms with Crippen molar-refractivity contribution in [2.24, 2.45) is 0 Å². The molecule has 0 aliphatic rings. The standard InChI is InChI=1S/C71H133N2O6P/c1-6-8-10-12-14-16-18-20-22-24-26-28-30-32-34-35-36-37-39-41-43-45-47-49-51-53-55-57-59-61-63-65-71(75)72-69(68-79-80(76,77)78-67-66-73(3,4)5)70(74)64-62-60-58-56-54-52-50-48-46-44-42-40-38-33-31-29-27-25-23-21-19-17-15-13-11-9-7-2/h18,20,24,26,30,32,46,48,54,56,62,64,69-70,74H,6-17,19,21-23,25,27-29,31,33-45,47,49-53,55,57-61,63,65-68H2,1-5H3,(H-,72,75,76,77)/p+1/b20-18-,26-24-,32-30-,48-46+,56-54+,64-62+. The molecule has 1 amide bonds. The molecule has 0 aromatic heterocycles. The first-order valence-corrected chi connectivity index (χ1v) is 35.8. The molecule has 468 valence electrons. The molecule has 0 saturated heterocycles. The third-order valence-corrected chi connectivity index (χ3v) is 16.4. The summed E-state index contributed by atoms with van der Waals surface area (Å²) in [6.07, 6.45) is 86.2. The van der Waals surface area contributed by atoms with Crippen LogP contribution >= 0.6 is 7.82 Å². The number of carbonyl (C=O) groups excluding carboxylic acids is 1. The summed E-state index contributed by atoms with van der Waals surface area (Å²) >= 11 is 0. The fraction of sp³-hybridized carbons (Fsp3) is 0.817. The molecule has 0 aliphatic heterocycles. The number of hydrogen-bond donors (Lipinski definition) is 3. The Bertz CT molecular complexity index is 1530. The van der Waals surface area contributed by atoms with E-state index >= 15 is 0 Å². The van der Waals surface area contributed by atoms with Crippen LogP contribution in [0.25, 0.3) is 0 Å². The lowest BCUT2D eigenvalue weighted by Crippen LogP contribution is -2.45. The lowest BCUT2D eigenvalue weighted by atomic mass is 10.0. The smallest absolute Gasteiger partial charge is 0.387 e. The molecular formula is C71H134N2O6P+. The third-order valence-electron chi connectivity index (χ3n) is 15.4. The van der Waals surface area contributed by atoms with Crippen molar-refractivity contribution in [3.63, 3.8) is 0 Å². The SMILES string of the molecule is CCCCCCC/C=C\C/C=C\C/C=C\CCCCCCCCCCCCCCCCCCC(=O)NC(COP(=O)(O)OCC[N+](C)(C)C)C(O)/C=C/CC/C=C/CC/C=C/CCCCCCCCCCCCCCCCCCC. The minimum atomic E-state index is -4.37. The van der Waals surface area contributed by atoms with E-state index in [4.69, 9.17) is 9.05 Å². The highest BCUT2D eigenvalue weighted by atomic mass is 31.2. The minimum Gasteiger partial charge on any atom is -0.387 e. The van der Waals surface area contributed by atoms with Gasteiger partial charge in [-0.15, -0.1) is 0 Å². The summed E-state index contributed by atoms with van der Waals surface area (Å²) in [5.41, 5.74) is 0. The van der Waals surface area contributed by atoms with Crippen LogP contribution in [0.1, 0.15) is 322 Å². The maximum Gasteiger partial charge on any atom is 0.472 e. The van der Waals surface area contributed by atoms with Crippen molar-refractivity contribution < 1.29 is 32.9 Å². The highest BCUT2D eigenvalue weighted by Crippen LogP contribution is 2.43. The van der Waals surface area contributed by atoms with Gasteiger partial charge in [0.05, 0.1) is 39.9 Å². The van der Waals surface area contributed by atoms with Gasteiger partial charge in [-0.3, -0.25) is 13.8 Å². The largest absolute Gasteiger partial charge is 0.472 e. The number of quaternary nitrogens is 1. The quantitative estimate of drug-likeness (QED) is 0.0243. The molecule has 0 saturated carbocycles.